The maximum absolute atomic E-state index is 11.9. The van der Waals surface area contributed by atoms with Crippen molar-refractivity contribution in [2.45, 2.75) is 24.9 Å². The van der Waals surface area contributed by atoms with E-state index >= 15 is 0 Å². The average Bonchev–Trinajstić information content (AvgIpc) is 3.45. The zero-order valence-electron chi connectivity index (χ0n) is 15.3. The third-order valence-corrected chi connectivity index (χ3v) is 4.22. The van der Waals surface area contributed by atoms with Crippen LogP contribution in [0.15, 0.2) is 70.4 Å². The molecule has 7 nitrogen and oxygen atoms in total. The van der Waals surface area contributed by atoms with Crippen LogP contribution in [0.25, 0.3) is 0 Å². The summed E-state index contributed by atoms with van der Waals surface area (Å²) in [4.78, 5) is 26.0. The molecule has 0 radical (unpaired) electrons. The number of aliphatic hydroxyl groups excluding tert-OH is 2. The van der Waals surface area contributed by atoms with Crippen LogP contribution in [0.5, 0.6) is 0 Å². The fraction of sp³-hybridized carbons (Fsp3) is 0.238. The van der Waals surface area contributed by atoms with Crippen molar-refractivity contribution in [3.05, 3.63) is 92.8 Å². The maximum atomic E-state index is 11.9. The Bertz CT molecular complexity index is 1020. The van der Waals surface area contributed by atoms with Crippen LogP contribution in [0.4, 0.5) is 0 Å². The summed E-state index contributed by atoms with van der Waals surface area (Å²) in [6, 6.07) is 17.3. The minimum absolute atomic E-state index is 0. The molecular weight excluding hydrogens is 416 g/mol. The molecule has 3 N–H and O–H groups in total. The molecule has 8 heteroatoms. The molecule has 0 unspecified atom stereocenters. The van der Waals surface area contributed by atoms with E-state index in [4.69, 9.17) is 9.84 Å². The predicted molar refractivity (Wildman–Crippen MR) is 103 cm³/mol. The zero-order chi connectivity index (χ0) is 19.9. The summed E-state index contributed by atoms with van der Waals surface area (Å²) in [5.74, 6) is 5.55. The second kappa shape index (κ2) is 10.8. The number of aromatic amines is 1. The van der Waals surface area contributed by atoms with Crippen LogP contribution in [-0.4, -0.2) is 38.6 Å². The molecule has 1 fully saturated rings. The summed E-state index contributed by atoms with van der Waals surface area (Å²) in [6.45, 7) is -0.348. The molecule has 3 aromatic rings. The average molecular weight is 436 g/mol. The second-order valence-electron chi connectivity index (χ2n) is 6.21. The Hall–Kier alpha value is -2.66. The Kier molecular flexibility index (Phi) is 8.40. The minimum atomic E-state index is -0.873. The van der Waals surface area contributed by atoms with Crippen molar-refractivity contribution in [2.24, 2.45) is 0 Å². The Balaban J connectivity index is 0.000000437. The van der Waals surface area contributed by atoms with Crippen molar-refractivity contribution >= 4 is 0 Å². The molecule has 1 saturated heterocycles. The van der Waals surface area contributed by atoms with E-state index in [-0.39, 0.29) is 35.7 Å². The monoisotopic (exact) mass is 436 g/mol. The second-order valence-corrected chi connectivity index (χ2v) is 6.21. The van der Waals surface area contributed by atoms with Crippen LogP contribution in [0.3, 0.4) is 0 Å². The van der Waals surface area contributed by atoms with Gasteiger partial charge in [0.05, 0.1) is 18.3 Å². The first kappa shape index (κ1) is 22.6. The van der Waals surface area contributed by atoms with Gasteiger partial charge in [-0.05, 0) is 0 Å². The number of rotatable bonds is 2. The minimum Gasteiger partial charge on any atom is -0.394 e. The fourth-order valence-electron chi connectivity index (χ4n) is 2.76. The van der Waals surface area contributed by atoms with Gasteiger partial charge in [-0.2, -0.15) is 42.2 Å². The molecule has 3 atom stereocenters. The quantitative estimate of drug-likeness (QED) is 0.312. The third-order valence-electron chi connectivity index (χ3n) is 4.22. The van der Waals surface area contributed by atoms with Crippen molar-refractivity contribution in [2.75, 3.05) is 6.61 Å². The van der Waals surface area contributed by atoms with Crippen molar-refractivity contribution in [3.8, 4) is 11.8 Å². The van der Waals surface area contributed by atoms with Gasteiger partial charge >= 0.3 is 22.8 Å². The Morgan fingerprint density at radius 2 is 1.93 bits per heavy atom. The van der Waals surface area contributed by atoms with Gasteiger partial charge in [-0.15, -0.1) is 12.1 Å². The molecule has 2 heterocycles. The molecule has 0 amide bonds. The molecule has 1 aliphatic rings. The van der Waals surface area contributed by atoms with Crippen LogP contribution in [0.2, 0.25) is 0 Å². The Labute approximate surface area is 177 Å². The standard InChI is InChI=1S/C16H15N2O5.C5H5.Fe/c19-9-13-12(20)7-14(23-13)18-8-11(15(21)17-16(18)22)6-5-10-3-1-2-4-10;1-2-4-5-3-1;/h1-4,8,12-14,19-20H,7,9H2,(H,17,21,22);1-5H;/q2*-1;+2/t12-,13+,14+;;/m0../s1. The normalized spacial score (nSPS) is 20.0. The van der Waals surface area contributed by atoms with Crippen molar-refractivity contribution in [3.63, 3.8) is 0 Å². The van der Waals surface area contributed by atoms with E-state index in [0.717, 1.165) is 5.56 Å². The molecule has 0 aliphatic carbocycles. The van der Waals surface area contributed by atoms with Crippen LogP contribution in [-0.2, 0) is 21.8 Å². The van der Waals surface area contributed by atoms with Gasteiger partial charge in [0, 0.05) is 12.6 Å². The number of aromatic nitrogens is 2. The molecule has 29 heavy (non-hydrogen) atoms. The van der Waals surface area contributed by atoms with E-state index in [1.807, 2.05) is 42.5 Å². The van der Waals surface area contributed by atoms with Crippen LogP contribution in [0, 0.1) is 11.8 Å². The molecule has 2 aromatic carbocycles. The molecule has 0 bridgehead atoms. The fourth-order valence-corrected chi connectivity index (χ4v) is 2.76. The topological polar surface area (TPSA) is 105 Å². The molecule has 0 saturated carbocycles. The molecule has 0 spiro atoms. The number of aliphatic hydroxyl groups is 2. The molecule has 1 aliphatic heterocycles. The van der Waals surface area contributed by atoms with Gasteiger partial charge in [0.15, 0.2) is 0 Å². The van der Waals surface area contributed by atoms with Gasteiger partial charge < -0.3 is 14.9 Å². The number of hydrogen-bond donors (Lipinski definition) is 3. The van der Waals surface area contributed by atoms with E-state index in [2.05, 4.69) is 16.8 Å². The molecular formula is C21H20FeN2O5. The molecule has 4 rings (SSSR count). The summed E-state index contributed by atoms with van der Waals surface area (Å²) >= 11 is 0. The summed E-state index contributed by atoms with van der Waals surface area (Å²) < 4.78 is 6.60. The number of ether oxygens (including phenoxy) is 1. The summed E-state index contributed by atoms with van der Waals surface area (Å²) in [6.07, 6.45) is -0.924. The number of nitrogens with zero attached hydrogens (tertiary/aromatic N) is 1. The summed E-state index contributed by atoms with van der Waals surface area (Å²) in [5.41, 5.74) is -0.349. The van der Waals surface area contributed by atoms with Gasteiger partial charge in [-0.1, -0.05) is 5.56 Å². The van der Waals surface area contributed by atoms with E-state index in [1.165, 1.54) is 10.8 Å². The van der Waals surface area contributed by atoms with E-state index in [0.29, 0.717) is 0 Å². The van der Waals surface area contributed by atoms with Crippen LogP contribution < -0.4 is 11.2 Å². The molecule has 152 valence electrons. The van der Waals surface area contributed by atoms with Gasteiger partial charge in [0.2, 0.25) is 0 Å². The van der Waals surface area contributed by atoms with Crippen molar-refractivity contribution in [1.82, 2.24) is 9.55 Å². The Morgan fingerprint density at radius 3 is 2.48 bits per heavy atom. The van der Waals surface area contributed by atoms with Gasteiger partial charge in [-0.25, -0.2) is 16.9 Å². The first-order valence-corrected chi connectivity index (χ1v) is 8.78. The number of hydrogen-bond acceptors (Lipinski definition) is 5. The maximum Gasteiger partial charge on any atom is 2.00 e. The zero-order valence-corrected chi connectivity index (χ0v) is 16.4. The Morgan fingerprint density at radius 1 is 1.24 bits per heavy atom. The van der Waals surface area contributed by atoms with Crippen molar-refractivity contribution < 1.29 is 32.0 Å². The van der Waals surface area contributed by atoms with Crippen molar-refractivity contribution in [1.29, 1.82) is 0 Å². The van der Waals surface area contributed by atoms with Gasteiger partial charge in [0.1, 0.15) is 12.3 Å². The third kappa shape index (κ3) is 5.91. The van der Waals surface area contributed by atoms with E-state index < -0.39 is 29.7 Å². The smallest absolute Gasteiger partial charge is 0.394 e. The largest absolute Gasteiger partial charge is 2.00 e. The molecule has 1 aromatic heterocycles. The SMILES string of the molecule is O=c1[nH]c(=O)n([C@H]2C[C@H](O)[C@@H](CO)O2)cc1C#C[c-]1cccc1.[Fe+2].c1cc[cH-]c1. The van der Waals surface area contributed by atoms with Crippen LogP contribution in [0.1, 0.15) is 23.8 Å². The first-order chi connectivity index (χ1) is 13.6. The summed E-state index contributed by atoms with van der Waals surface area (Å²) in [7, 11) is 0. The summed E-state index contributed by atoms with van der Waals surface area (Å²) in [5, 5.41) is 18.9. The van der Waals surface area contributed by atoms with Gasteiger partial charge in [-0.3, -0.25) is 14.3 Å². The first-order valence-electron chi connectivity index (χ1n) is 8.78. The number of H-pyrrole nitrogens is 1. The van der Waals surface area contributed by atoms with E-state index in [9.17, 15) is 14.7 Å². The van der Waals surface area contributed by atoms with E-state index in [1.54, 1.807) is 12.1 Å². The van der Waals surface area contributed by atoms with Gasteiger partial charge in [0.25, 0.3) is 5.56 Å². The van der Waals surface area contributed by atoms with Crippen LogP contribution >= 0.6 is 0 Å². The number of nitrogens with one attached hydrogen (secondary N) is 1. The predicted octanol–water partition coefficient (Wildman–Crippen LogP) is 0.699.